The Labute approximate surface area is 159 Å². The highest BCUT2D eigenvalue weighted by atomic mass is 16.5. The monoisotopic (exact) mass is 373 g/mol. The van der Waals surface area contributed by atoms with Crippen LogP contribution in [0, 0.1) is 0 Å². The van der Waals surface area contributed by atoms with E-state index < -0.39 is 0 Å². The van der Waals surface area contributed by atoms with Crippen molar-refractivity contribution in [2.24, 2.45) is 0 Å². The standard InChI is InChI=1S/C19H27N5O3/c1-23(2)18-7-6-15(12-20-18)21-14-5-4-9-24(10-8-14)19(25)17-11-16(13-26-3)27-22-17/h6-7,11-12,14,21H,4-5,8-10,13H2,1-3H3/t14-/m1/s1. The van der Waals surface area contributed by atoms with E-state index in [1.54, 1.807) is 13.2 Å². The number of carbonyl (C=O) groups is 1. The summed E-state index contributed by atoms with van der Waals surface area (Å²) in [5, 5.41) is 7.41. The first-order valence-electron chi connectivity index (χ1n) is 9.20. The number of rotatable bonds is 6. The van der Waals surface area contributed by atoms with Crippen LogP contribution in [-0.2, 0) is 11.3 Å². The van der Waals surface area contributed by atoms with Crippen LogP contribution >= 0.6 is 0 Å². The number of likely N-dealkylation sites (tertiary alicyclic amines) is 1. The van der Waals surface area contributed by atoms with Gasteiger partial charge in [-0.15, -0.1) is 0 Å². The third-order valence-corrected chi connectivity index (χ3v) is 4.66. The summed E-state index contributed by atoms with van der Waals surface area (Å²) < 4.78 is 10.1. The van der Waals surface area contributed by atoms with E-state index in [1.165, 1.54) is 0 Å². The Balaban J connectivity index is 1.55. The van der Waals surface area contributed by atoms with Gasteiger partial charge in [-0.3, -0.25) is 4.79 Å². The van der Waals surface area contributed by atoms with Gasteiger partial charge in [-0.1, -0.05) is 5.16 Å². The number of hydrogen-bond donors (Lipinski definition) is 1. The molecule has 1 saturated heterocycles. The Morgan fingerprint density at radius 2 is 2.22 bits per heavy atom. The van der Waals surface area contributed by atoms with Crippen molar-refractivity contribution in [3.63, 3.8) is 0 Å². The van der Waals surface area contributed by atoms with Crippen molar-refractivity contribution in [1.82, 2.24) is 15.0 Å². The van der Waals surface area contributed by atoms with Crippen molar-refractivity contribution in [3.8, 4) is 0 Å². The molecule has 1 aliphatic heterocycles. The highest BCUT2D eigenvalue weighted by molar-refractivity contribution is 5.92. The number of amides is 1. The smallest absolute Gasteiger partial charge is 0.276 e. The largest absolute Gasteiger partial charge is 0.381 e. The highest BCUT2D eigenvalue weighted by Gasteiger charge is 2.24. The molecule has 0 aliphatic carbocycles. The summed E-state index contributed by atoms with van der Waals surface area (Å²) in [5.41, 5.74) is 1.35. The van der Waals surface area contributed by atoms with Gasteiger partial charge in [0.1, 0.15) is 12.4 Å². The van der Waals surface area contributed by atoms with Crippen LogP contribution < -0.4 is 10.2 Å². The summed E-state index contributed by atoms with van der Waals surface area (Å²) in [7, 11) is 5.52. The second-order valence-electron chi connectivity index (χ2n) is 6.98. The average molecular weight is 373 g/mol. The lowest BCUT2D eigenvalue weighted by Gasteiger charge is -2.20. The first-order chi connectivity index (χ1) is 13.1. The van der Waals surface area contributed by atoms with Crippen LogP contribution in [0.1, 0.15) is 35.5 Å². The second kappa shape index (κ2) is 8.85. The molecule has 2 aromatic heterocycles. The summed E-state index contributed by atoms with van der Waals surface area (Å²) in [6.45, 7) is 1.72. The minimum Gasteiger partial charge on any atom is -0.381 e. The molecular weight excluding hydrogens is 346 g/mol. The molecule has 0 spiro atoms. The van der Waals surface area contributed by atoms with Crippen LogP contribution in [-0.4, -0.2) is 61.3 Å². The number of methoxy groups -OCH3 is 1. The van der Waals surface area contributed by atoms with E-state index in [4.69, 9.17) is 9.26 Å². The van der Waals surface area contributed by atoms with Gasteiger partial charge in [-0.2, -0.15) is 0 Å². The number of pyridine rings is 1. The Bertz CT molecular complexity index is 744. The number of carbonyl (C=O) groups excluding carboxylic acids is 1. The summed E-state index contributed by atoms with van der Waals surface area (Å²) >= 11 is 0. The van der Waals surface area contributed by atoms with Gasteiger partial charge in [-0.25, -0.2) is 4.98 Å². The molecule has 1 atom stereocenters. The van der Waals surface area contributed by atoms with E-state index in [1.807, 2.05) is 42.2 Å². The molecule has 1 aliphatic rings. The number of aromatic nitrogens is 2. The lowest BCUT2D eigenvalue weighted by atomic mass is 10.1. The SMILES string of the molecule is COCc1cc(C(=O)N2CCC[C@@H](Nc3ccc(N(C)C)nc3)CC2)no1. The molecule has 3 rings (SSSR count). The van der Waals surface area contributed by atoms with Crippen LogP contribution in [0.2, 0.25) is 0 Å². The van der Waals surface area contributed by atoms with Crippen molar-refractivity contribution in [1.29, 1.82) is 0 Å². The minimum absolute atomic E-state index is 0.0845. The second-order valence-corrected chi connectivity index (χ2v) is 6.98. The number of hydrogen-bond acceptors (Lipinski definition) is 7. The predicted octanol–water partition coefficient (Wildman–Crippen LogP) is 2.39. The molecule has 8 heteroatoms. The topological polar surface area (TPSA) is 83.7 Å². The molecule has 0 saturated carbocycles. The van der Waals surface area contributed by atoms with E-state index in [2.05, 4.69) is 15.5 Å². The third kappa shape index (κ3) is 4.97. The molecule has 0 bridgehead atoms. The molecule has 0 radical (unpaired) electrons. The van der Waals surface area contributed by atoms with E-state index >= 15 is 0 Å². The molecule has 1 fully saturated rings. The van der Waals surface area contributed by atoms with Crippen LogP contribution in [0.3, 0.4) is 0 Å². The summed E-state index contributed by atoms with van der Waals surface area (Å²) in [6.07, 6.45) is 4.68. The molecular formula is C19H27N5O3. The van der Waals surface area contributed by atoms with Crippen LogP contribution in [0.15, 0.2) is 28.9 Å². The summed E-state index contributed by atoms with van der Waals surface area (Å²) in [5.74, 6) is 1.40. The van der Waals surface area contributed by atoms with E-state index in [0.29, 0.717) is 30.6 Å². The van der Waals surface area contributed by atoms with Gasteiger partial charge >= 0.3 is 0 Å². The maximum Gasteiger partial charge on any atom is 0.276 e. The van der Waals surface area contributed by atoms with E-state index in [-0.39, 0.29) is 5.91 Å². The molecule has 2 aromatic rings. The fraction of sp³-hybridized carbons (Fsp3) is 0.526. The van der Waals surface area contributed by atoms with Gasteiger partial charge < -0.3 is 24.4 Å². The van der Waals surface area contributed by atoms with Crippen LogP contribution in [0.4, 0.5) is 11.5 Å². The van der Waals surface area contributed by atoms with Gasteiger partial charge in [0, 0.05) is 46.4 Å². The molecule has 8 nitrogen and oxygen atoms in total. The molecule has 1 amide bonds. The van der Waals surface area contributed by atoms with E-state index in [9.17, 15) is 4.79 Å². The number of nitrogens with zero attached hydrogens (tertiary/aromatic N) is 4. The lowest BCUT2D eigenvalue weighted by molar-refractivity contribution is 0.0750. The Morgan fingerprint density at radius 1 is 1.37 bits per heavy atom. The first-order valence-corrected chi connectivity index (χ1v) is 9.20. The number of ether oxygens (including phenoxy) is 1. The zero-order chi connectivity index (χ0) is 19.2. The molecule has 146 valence electrons. The Hall–Kier alpha value is -2.61. The van der Waals surface area contributed by atoms with Gasteiger partial charge in [0.15, 0.2) is 11.5 Å². The van der Waals surface area contributed by atoms with Crippen molar-refractivity contribution in [2.75, 3.05) is 44.5 Å². The fourth-order valence-electron chi connectivity index (χ4n) is 3.20. The molecule has 27 heavy (non-hydrogen) atoms. The quantitative estimate of drug-likeness (QED) is 0.832. The van der Waals surface area contributed by atoms with Crippen molar-refractivity contribution in [3.05, 3.63) is 35.9 Å². The van der Waals surface area contributed by atoms with Gasteiger partial charge in [0.05, 0.1) is 11.9 Å². The van der Waals surface area contributed by atoms with Gasteiger partial charge in [-0.05, 0) is 31.4 Å². The van der Waals surface area contributed by atoms with Crippen molar-refractivity contribution in [2.45, 2.75) is 31.9 Å². The van der Waals surface area contributed by atoms with Gasteiger partial charge in [0.25, 0.3) is 5.91 Å². The highest BCUT2D eigenvalue weighted by Crippen LogP contribution is 2.19. The first kappa shape index (κ1) is 19.2. The molecule has 0 unspecified atom stereocenters. The summed E-state index contributed by atoms with van der Waals surface area (Å²) in [6, 6.07) is 6.01. The zero-order valence-corrected chi connectivity index (χ0v) is 16.1. The number of anilines is 2. The van der Waals surface area contributed by atoms with E-state index in [0.717, 1.165) is 37.3 Å². The lowest BCUT2D eigenvalue weighted by Crippen LogP contribution is -2.32. The number of nitrogens with one attached hydrogen (secondary N) is 1. The fourth-order valence-corrected chi connectivity index (χ4v) is 3.20. The Morgan fingerprint density at radius 3 is 2.93 bits per heavy atom. The zero-order valence-electron chi connectivity index (χ0n) is 16.1. The molecule has 1 N–H and O–H groups in total. The molecule has 3 heterocycles. The van der Waals surface area contributed by atoms with Crippen LogP contribution in [0.5, 0.6) is 0 Å². The van der Waals surface area contributed by atoms with Gasteiger partial charge in [0.2, 0.25) is 0 Å². The Kier molecular flexibility index (Phi) is 6.28. The minimum atomic E-state index is -0.0845. The van der Waals surface area contributed by atoms with Crippen molar-refractivity contribution < 1.29 is 14.1 Å². The maximum absolute atomic E-state index is 12.7. The molecule has 0 aromatic carbocycles. The van der Waals surface area contributed by atoms with Crippen molar-refractivity contribution >= 4 is 17.4 Å². The third-order valence-electron chi connectivity index (χ3n) is 4.66. The normalized spacial score (nSPS) is 17.4. The maximum atomic E-state index is 12.7. The van der Waals surface area contributed by atoms with Crippen LogP contribution in [0.25, 0.3) is 0 Å². The summed E-state index contributed by atoms with van der Waals surface area (Å²) in [4.78, 5) is 20.9. The average Bonchev–Trinajstić information content (AvgIpc) is 3.00. The predicted molar refractivity (Wildman–Crippen MR) is 103 cm³/mol.